The van der Waals surface area contributed by atoms with Crippen LogP contribution in [0.5, 0.6) is 0 Å². The molecule has 6 heteroatoms. The molecule has 0 atom stereocenters. The van der Waals surface area contributed by atoms with Crippen LogP contribution < -0.4 is 5.32 Å². The predicted molar refractivity (Wildman–Crippen MR) is 107 cm³/mol. The van der Waals surface area contributed by atoms with Gasteiger partial charge in [-0.05, 0) is 43.2 Å². The van der Waals surface area contributed by atoms with Gasteiger partial charge in [0, 0.05) is 38.2 Å². The van der Waals surface area contributed by atoms with Crippen LogP contribution in [-0.4, -0.2) is 40.3 Å². The van der Waals surface area contributed by atoms with Crippen LogP contribution in [0.3, 0.4) is 0 Å². The van der Waals surface area contributed by atoms with Crippen LogP contribution in [0.1, 0.15) is 35.1 Å². The lowest BCUT2D eigenvalue weighted by Crippen LogP contribution is -2.28. The number of aromatic nitrogens is 2. The smallest absolute Gasteiger partial charge is 0.253 e. The third-order valence-electron chi connectivity index (χ3n) is 4.49. The summed E-state index contributed by atoms with van der Waals surface area (Å²) in [4.78, 5) is 33.5. The molecule has 0 aliphatic heterocycles. The lowest BCUT2D eigenvalue weighted by molar-refractivity contribution is -0.114. The minimum Gasteiger partial charge on any atom is -0.342 e. The predicted octanol–water partition coefficient (Wildman–Crippen LogP) is 3.53. The highest BCUT2D eigenvalue weighted by Crippen LogP contribution is 2.18. The summed E-state index contributed by atoms with van der Waals surface area (Å²) in [6.07, 6.45) is 1.59. The van der Waals surface area contributed by atoms with E-state index in [9.17, 15) is 9.59 Å². The molecule has 0 bridgehead atoms. The second-order valence-electron chi connectivity index (χ2n) is 6.74. The Balaban J connectivity index is 1.59. The van der Waals surface area contributed by atoms with Crippen LogP contribution in [0.2, 0.25) is 0 Å². The van der Waals surface area contributed by atoms with Gasteiger partial charge in [0.1, 0.15) is 5.82 Å². The monoisotopic (exact) mass is 364 g/mol. The second-order valence-corrected chi connectivity index (χ2v) is 6.74. The lowest BCUT2D eigenvalue weighted by Gasteiger charge is -2.18. The summed E-state index contributed by atoms with van der Waals surface area (Å²) in [5.74, 6) is 0.716. The Morgan fingerprint density at radius 1 is 1.19 bits per heavy atom. The standard InChI is InChI=1S/C21H24N4O2/c1-14-10-11-16(13-19(14)22-15(2)26)21(27)25(3)12-6-9-20-23-17-7-4-5-8-18(17)24-20/h4-5,7-8,10-11,13H,6,9,12H2,1-3H3,(H,22,26)(H,23,24). The molecule has 6 nitrogen and oxygen atoms in total. The molecule has 3 rings (SSSR count). The number of H-pyrrole nitrogens is 1. The molecule has 3 aromatic rings. The zero-order valence-electron chi connectivity index (χ0n) is 15.9. The molecule has 0 radical (unpaired) electrons. The molecule has 0 aliphatic rings. The van der Waals surface area contributed by atoms with Crippen molar-refractivity contribution in [2.24, 2.45) is 0 Å². The Morgan fingerprint density at radius 2 is 1.96 bits per heavy atom. The maximum absolute atomic E-state index is 12.7. The van der Waals surface area contributed by atoms with Gasteiger partial charge in [-0.3, -0.25) is 9.59 Å². The molecule has 2 amide bonds. The van der Waals surface area contributed by atoms with Crippen molar-refractivity contribution in [3.8, 4) is 0 Å². The molecule has 27 heavy (non-hydrogen) atoms. The summed E-state index contributed by atoms with van der Waals surface area (Å²) in [5.41, 5.74) is 4.15. The number of amides is 2. The van der Waals surface area contributed by atoms with E-state index < -0.39 is 0 Å². The average molecular weight is 364 g/mol. The van der Waals surface area contributed by atoms with E-state index in [1.165, 1.54) is 6.92 Å². The van der Waals surface area contributed by atoms with Crippen molar-refractivity contribution < 1.29 is 9.59 Å². The largest absolute Gasteiger partial charge is 0.342 e. The molecular weight excluding hydrogens is 340 g/mol. The van der Waals surface area contributed by atoms with Crippen molar-refractivity contribution in [2.75, 3.05) is 18.9 Å². The molecule has 0 spiro atoms. The SMILES string of the molecule is CC(=O)Nc1cc(C(=O)N(C)CCCc2nc3ccccc3[nH]2)ccc1C. The van der Waals surface area contributed by atoms with Gasteiger partial charge in [-0.2, -0.15) is 0 Å². The van der Waals surface area contributed by atoms with Gasteiger partial charge in [0.05, 0.1) is 11.0 Å². The van der Waals surface area contributed by atoms with Gasteiger partial charge in [0.15, 0.2) is 0 Å². The average Bonchev–Trinajstić information content (AvgIpc) is 3.05. The summed E-state index contributed by atoms with van der Waals surface area (Å²) in [5, 5.41) is 2.76. The quantitative estimate of drug-likeness (QED) is 0.702. The number of hydrogen-bond acceptors (Lipinski definition) is 3. The van der Waals surface area contributed by atoms with Crippen LogP contribution in [0, 0.1) is 6.92 Å². The Labute approximate surface area is 158 Å². The highest BCUT2D eigenvalue weighted by molar-refractivity contribution is 5.97. The highest BCUT2D eigenvalue weighted by Gasteiger charge is 2.14. The van der Waals surface area contributed by atoms with E-state index in [1.807, 2.05) is 37.3 Å². The molecule has 0 saturated heterocycles. The molecule has 2 N–H and O–H groups in total. The number of hydrogen-bond donors (Lipinski definition) is 2. The fourth-order valence-corrected chi connectivity index (χ4v) is 3.01. The number of para-hydroxylation sites is 2. The van der Waals surface area contributed by atoms with Crippen LogP contribution in [0.25, 0.3) is 11.0 Å². The number of carbonyl (C=O) groups excluding carboxylic acids is 2. The van der Waals surface area contributed by atoms with Gasteiger partial charge in [0.2, 0.25) is 5.91 Å². The van der Waals surface area contributed by atoms with Crippen molar-refractivity contribution in [2.45, 2.75) is 26.7 Å². The van der Waals surface area contributed by atoms with E-state index in [1.54, 1.807) is 24.1 Å². The van der Waals surface area contributed by atoms with E-state index in [0.717, 1.165) is 35.3 Å². The van der Waals surface area contributed by atoms with Crippen molar-refractivity contribution >= 4 is 28.5 Å². The van der Waals surface area contributed by atoms with Gasteiger partial charge in [-0.15, -0.1) is 0 Å². The number of imidazole rings is 1. The number of benzene rings is 2. The minimum atomic E-state index is -0.151. The summed E-state index contributed by atoms with van der Waals surface area (Å²) >= 11 is 0. The third-order valence-corrected chi connectivity index (χ3v) is 4.49. The van der Waals surface area contributed by atoms with Crippen molar-refractivity contribution in [1.82, 2.24) is 14.9 Å². The summed E-state index contributed by atoms with van der Waals surface area (Å²) in [6.45, 7) is 3.98. The first-order chi connectivity index (χ1) is 12.9. The molecule has 1 heterocycles. The van der Waals surface area contributed by atoms with Crippen LogP contribution in [-0.2, 0) is 11.2 Å². The molecule has 0 unspecified atom stereocenters. The fourth-order valence-electron chi connectivity index (χ4n) is 3.01. The number of fused-ring (bicyclic) bond motifs is 1. The first-order valence-electron chi connectivity index (χ1n) is 9.01. The van der Waals surface area contributed by atoms with Crippen molar-refractivity contribution in [1.29, 1.82) is 0 Å². The van der Waals surface area contributed by atoms with Crippen molar-refractivity contribution in [3.63, 3.8) is 0 Å². The number of nitrogens with one attached hydrogen (secondary N) is 2. The number of nitrogens with zero attached hydrogens (tertiary/aromatic N) is 2. The molecular formula is C21H24N4O2. The minimum absolute atomic E-state index is 0.0637. The van der Waals surface area contributed by atoms with Gasteiger partial charge in [-0.25, -0.2) is 4.98 Å². The number of aromatic amines is 1. The molecule has 0 aliphatic carbocycles. The fraction of sp³-hybridized carbons (Fsp3) is 0.286. The molecule has 0 fully saturated rings. The Morgan fingerprint density at radius 3 is 2.70 bits per heavy atom. The van der Waals surface area contributed by atoms with E-state index in [4.69, 9.17) is 0 Å². The van der Waals surface area contributed by atoms with E-state index in [-0.39, 0.29) is 11.8 Å². The number of anilines is 1. The number of rotatable bonds is 6. The first-order valence-corrected chi connectivity index (χ1v) is 9.01. The zero-order chi connectivity index (χ0) is 19.4. The normalized spacial score (nSPS) is 10.8. The van der Waals surface area contributed by atoms with Crippen LogP contribution in [0.15, 0.2) is 42.5 Å². The maximum Gasteiger partial charge on any atom is 0.253 e. The summed E-state index contributed by atoms with van der Waals surface area (Å²) < 4.78 is 0. The lowest BCUT2D eigenvalue weighted by atomic mass is 10.1. The van der Waals surface area contributed by atoms with Gasteiger partial charge in [0.25, 0.3) is 5.91 Å². The summed E-state index contributed by atoms with van der Waals surface area (Å²) in [6, 6.07) is 13.3. The van der Waals surface area contributed by atoms with Crippen LogP contribution >= 0.6 is 0 Å². The maximum atomic E-state index is 12.7. The van der Waals surface area contributed by atoms with Gasteiger partial charge >= 0.3 is 0 Å². The third kappa shape index (κ3) is 4.53. The topological polar surface area (TPSA) is 78.1 Å². The number of carbonyl (C=O) groups is 2. The number of aryl methyl sites for hydroxylation is 2. The van der Waals surface area contributed by atoms with E-state index in [0.29, 0.717) is 17.8 Å². The molecule has 1 aromatic heterocycles. The second kappa shape index (κ2) is 8.03. The van der Waals surface area contributed by atoms with Crippen molar-refractivity contribution in [3.05, 3.63) is 59.4 Å². The van der Waals surface area contributed by atoms with E-state index >= 15 is 0 Å². The molecule has 140 valence electrons. The van der Waals surface area contributed by atoms with Gasteiger partial charge in [-0.1, -0.05) is 18.2 Å². The Kier molecular flexibility index (Phi) is 5.54. The van der Waals surface area contributed by atoms with Crippen LogP contribution in [0.4, 0.5) is 5.69 Å². The first kappa shape index (κ1) is 18.6. The zero-order valence-corrected chi connectivity index (χ0v) is 15.9. The summed E-state index contributed by atoms with van der Waals surface area (Å²) in [7, 11) is 1.79. The Hall–Kier alpha value is -3.15. The highest BCUT2D eigenvalue weighted by atomic mass is 16.2. The molecule has 2 aromatic carbocycles. The van der Waals surface area contributed by atoms with E-state index in [2.05, 4.69) is 15.3 Å². The molecule has 0 saturated carbocycles. The Bertz CT molecular complexity index is 944. The van der Waals surface area contributed by atoms with Gasteiger partial charge < -0.3 is 15.2 Å².